The molecule has 3 rings (SSSR count). The lowest BCUT2D eigenvalue weighted by atomic mass is 9.85. The summed E-state index contributed by atoms with van der Waals surface area (Å²) in [6.45, 7) is 13.4. The number of benzene rings is 2. The molecule has 1 atom stereocenters. The van der Waals surface area contributed by atoms with Crippen LogP contribution in [0.5, 0.6) is 5.75 Å². The smallest absolute Gasteiger partial charge is 0.295 e. The highest BCUT2D eigenvalue weighted by Crippen LogP contribution is 2.41. The van der Waals surface area contributed by atoms with E-state index in [0.717, 1.165) is 28.0 Å². The molecule has 1 aliphatic rings. The Kier molecular flexibility index (Phi) is 7.99. The molecule has 194 valence electrons. The number of hydrogen-bond donors (Lipinski definition) is 1. The van der Waals surface area contributed by atoms with Gasteiger partial charge < -0.3 is 19.6 Å². The lowest BCUT2D eigenvalue weighted by molar-refractivity contribution is -0.140. The van der Waals surface area contributed by atoms with Crippen molar-refractivity contribution in [3.05, 3.63) is 69.8 Å². The van der Waals surface area contributed by atoms with Crippen LogP contribution in [-0.4, -0.2) is 60.9 Å². The zero-order chi connectivity index (χ0) is 26.9. The highest BCUT2D eigenvalue weighted by molar-refractivity contribution is 6.46. The highest BCUT2D eigenvalue weighted by Gasteiger charge is 2.46. The van der Waals surface area contributed by atoms with Crippen LogP contribution in [0, 0.1) is 6.92 Å². The molecule has 6 nitrogen and oxygen atoms in total. The molecular formula is C30H40N2O4. The molecule has 2 aromatic carbocycles. The zero-order valence-electron chi connectivity index (χ0n) is 23.1. The molecule has 6 heteroatoms. The molecule has 0 aromatic heterocycles. The molecule has 0 spiro atoms. The third-order valence-electron chi connectivity index (χ3n) is 6.87. The van der Waals surface area contributed by atoms with E-state index < -0.39 is 17.7 Å². The van der Waals surface area contributed by atoms with E-state index in [1.165, 1.54) is 0 Å². The van der Waals surface area contributed by atoms with E-state index in [1.54, 1.807) is 12.0 Å². The van der Waals surface area contributed by atoms with Crippen molar-refractivity contribution in [3.63, 3.8) is 0 Å². The second kappa shape index (κ2) is 10.5. The van der Waals surface area contributed by atoms with E-state index in [0.29, 0.717) is 18.7 Å². The van der Waals surface area contributed by atoms with Crippen LogP contribution in [0.2, 0.25) is 0 Å². The number of rotatable bonds is 7. The first kappa shape index (κ1) is 27.5. The predicted molar refractivity (Wildman–Crippen MR) is 145 cm³/mol. The number of aryl methyl sites for hydroxylation is 1. The number of aliphatic hydroxyl groups is 1. The number of amides is 1. The predicted octanol–water partition coefficient (Wildman–Crippen LogP) is 5.41. The molecule has 1 fully saturated rings. The fourth-order valence-electron chi connectivity index (χ4n) is 4.66. The second-order valence-electron chi connectivity index (χ2n) is 11.2. The van der Waals surface area contributed by atoms with Gasteiger partial charge in [-0.25, -0.2) is 0 Å². The maximum atomic E-state index is 13.4. The summed E-state index contributed by atoms with van der Waals surface area (Å²) in [6, 6.07) is 11.1. The van der Waals surface area contributed by atoms with E-state index in [-0.39, 0.29) is 22.7 Å². The third-order valence-corrected chi connectivity index (χ3v) is 6.87. The Bertz CT molecular complexity index is 1170. The molecule has 1 amide bonds. The topological polar surface area (TPSA) is 70.1 Å². The van der Waals surface area contributed by atoms with Gasteiger partial charge in [0.2, 0.25) is 0 Å². The monoisotopic (exact) mass is 492 g/mol. The average Bonchev–Trinajstić information content (AvgIpc) is 3.06. The number of likely N-dealkylation sites (N-methyl/N-ethyl adjacent to an activating group) is 1. The van der Waals surface area contributed by atoms with Crippen LogP contribution < -0.4 is 4.74 Å². The van der Waals surface area contributed by atoms with Crippen LogP contribution in [-0.2, 0) is 15.0 Å². The molecular weight excluding hydrogens is 452 g/mol. The Morgan fingerprint density at radius 3 is 2.22 bits per heavy atom. The van der Waals surface area contributed by atoms with Crippen LogP contribution in [0.4, 0.5) is 0 Å². The Labute approximate surface area is 215 Å². The summed E-state index contributed by atoms with van der Waals surface area (Å²) >= 11 is 0. The maximum Gasteiger partial charge on any atom is 0.295 e. The lowest BCUT2D eigenvalue weighted by Crippen LogP contribution is -2.35. The Morgan fingerprint density at radius 1 is 1.11 bits per heavy atom. The minimum absolute atomic E-state index is 0.0291. The summed E-state index contributed by atoms with van der Waals surface area (Å²) in [6.07, 6.45) is 0. The van der Waals surface area contributed by atoms with Gasteiger partial charge in [0.25, 0.3) is 11.7 Å². The normalized spacial score (nSPS) is 18.0. The van der Waals surface area contributed by atoms with Crippen molar-refractivity contribution in [3.8, 4) is 5.75 Å². The standard InChI is InChI=1S/C30H40N2O4/c1-18(2)22-17-23(19(3)16-24(22)36-9)27(33)25-26(20-10-12-21(13-11-20)30(4,5)6)32(15-14-31(7)8)29(35)28(25)34/h10-13,16-18,26,33H,14-15H2,1-9H3/b27-25+. The van der Waals surface area contributed by atoms with E-state index in [2.05, 4.69) is 20.8 Å². The molecule has 1 unspecified atom stereocenters. The first-order valence-corrected chi connectivity index (χ1v) is 12.5. The molecule has 1 heterocycles. The summed E-state index contributed by atoms with van der Waals surface area (Å²) in [5, 5.41) is 11.6. The van der Waals surface area contributed by atoms with Gasteiger partial charge in [0.05, 0.1) is 18.7 Å². The van der Waals surface area contributed by atoms with Crippen molar-refractivity contribution in [2.24, 2.45) is 0 Å². The maximum absolute atomic E-state index is 13.4. The largest absolute Gasteiger partial charge is 0.507 e. The van der Waals surface area contributed by atoms with Gasteiger partial charge in [-0.2, -0.15) is 0 Å². The van der Waals surface area contributed by atoms with Gasteiger partial charge >= 0.3 is 0 Å². The summed E-state index contributed by atoms with van der Waals surface area (Å²) < 4.78 is 5.55. The zero-order valence-corrected chi connectivity index (χ0v) is 23.1. The molecule has 0 bridgehead atoms. The highest BCUT2D eigenvalue weighted by atomic mass is 16.5. The second-order valence-corrected chi connectivity index (χ2v) is 11.2. The molecule has 0 saturated carbocycles. The van der Waals surface area contributed by atoms with Crippen LogP contribution in [0.1, 0.15) is 74.4 Å². The van der Waals surface area contributed by atoms with E-state index in [1.807, 2.05) is 76.2 Å². The number of nitrogens with zero attached hydrogens (tertiary/aromatic N) is 2. The van der Waals surface area contributed by atoms with Gasteiger partial charge in [0, 0.05) is 18.7 Å². The fraction of sp³-hybridized carbons (Fsp3) is 0.467. The quantitative estimate of drug-likeness (QED) is 0.318. The van der Waals surface area contributed by atoms with Gasteiger partial charge in [-0.15, -0.1) is 0 Å². The van der Waals surface area contributed by atoms with Crippen molar-refractivity contribution in [2.45, 2.75) is 58.9 Å². The lowest BCUT2D eigenvalue weighted by Gasteiger charge is -2.27. The van der Waals surface area contributed by atoms with Crippen molar-refractivity contribution < 1.29 is 19.4 Å². The molecule has 0 radical (unpaired) electrons. The molecule has 2 aromatic rings. The van der Waals surface area contributed by atoms with Crippen molar-refractivity contribution in [1.82, 2.24) is 9.80 Å². The Hall–Kier alpha value is -3.12. The first-order chi connectivity index (χ1) is 16.8. The summed E-state index contributed by atoms with van der Waals surface area (Å²) in [7, 11) is 5.48. The number of likely N-dealkylation sites (tertiary alicyclic amines) is 1. The van der Waals surface area contributed by atoms with E-state index >= 15 is 0 Å². The average molecular weight is 493 g/mol. The minimum Gasteiger partial charge on any atom is -0.507 e. The Morgan fingerprint density at radius 2 is 1.72 bits per heavy atom. The van der Waals surface area contributed by atoms with Crippen LogP contribution in [0.15, 0.2) is 42.0 Å². The van der Waals surface area contributed by atoms with Gasteiger partial charge in [0.1, 0.15) is 11.5 Å². The SMILES string of the molecule is COc1cc(C)c(/C(O)=C2\C(=O)C(=O)N(CCN(C)C)C2c2ccc(C(C)(C)C)cc2)cc1C(C)C. The third kappa shape index (κ3) is 5.34. The van der Waals surface area contributed by atoms with E-state index in [4.69, 9.17) is 4.74 Å². The number of methoxy groups -OCH3 is 1. The number of hydrogen-bond acceptors (Lipinski definition) is 5. The Balaban J connectivity index is 2.23. The van der Waals surface area contributed by atoms with Crippen molar-refractivity contribution >= 4 is 17.4 Å². The molecule has 36 heavy (non-hydrogen) atoms. The number of Topliss-reactive ketones (excluding diaryl/α,β-unsaturated/α-hetero) is 1. The summed E-state index contributed by atoms with van der Waals surface area (Å²) in [5.74, 6) is -0.501. The fourth-order valence-corrected chi connectivity index (χ4v) is 4.66. The molecule has 1 aliphatic heterocycles. The van der Waals surface area contributed by atoms with Gasteiger partial charge in [-0.3, -0.25) is 9.59 Å². The number of aliphatic hydroxyl groups excluding tert-OH is 1. The number of ketones is 1. The van der Waals surface area contributed by atoms with Crippen LogP contribution in [0.25, 0.3) is 5.76 Å². The molecule has 0 aliphatic carbocycles. The first-order valence-electron chi connectivity index (χ1n) is 12.5. The summed E-state index contributed by atoms with van der Waals surface area (Å²) in [4.78, 5) is 30.2. The molecule has 1 saturated heterocycles. The van der Waals surface area contributed by atoms with Gasteiger partial charge in [-0.1, -0.05) is 58.9 Å². The summed E-state index contributed by atoms with van der Waals surface area (Å²) in [5.41, 5.74) is 4.31. The van der Waals surface area contributed by atoms with Crippen LogP contribution >= 0.6 is 0 Å². The van der Waals surface area contributed by atoms with Crippen molar-refractivity contribution in [1.29, 1.82) is 0 Å². The van der Waals surface area contributed by atoms with Gasteiger partial charge in [0.15, 0.2) is 0 Å². The minimum atomic E-state index is -0.664. The van der Waals surface area contributed by atoms with E-state index in [9.17, 15) is 14.7 Å². The number of ether oxygens (including phenoxy) is 1. The molecule has 1 N–H and O–H groups in total. The number of carbonyl (C=O) groups is 2. The van der Waals surface area contributed by atoms with Crippen LogP contribution in [0.3, 0.4) is 0 Å². The van der Waals surface area contributed by atoms with Crippen molar-refractivity contribution in [2.75, 3.05) is 34.3 Å². The van der Waals surface area contributed by atoms with Gasteiger partial charge in [-0.05, 0) is 66.7 Å². The number of carbonyl (C=O) groups excluding carboxylic acids is 2.